The fourth-order valence-electron chi connectivity index (χ4n) is 1.04. The summed E-state index contributed by atoms with van der Waals surface area (Å²) in [6, 6.07) is 0. The molecule has 1 N–H and O–H groups in total. The molecule has 84 valence electrons. The van der Waals surface area contributed by atoms with Crippen molar-refractivity contribution < 1.29 is 9.53 Å². The molecule has 0 aliphatic carbocycles. The first kappa shape index (κ1) is 13.4. The Labute approximate surface area is 86.6 Å². The third-order valence-corrected chi connectivity index (χ3v) is 1.86. The van der Waals surface area contributed by atoms with Crippen LogP contribution >= 0.6 is 0 Å². The first-order valence-electron chi connectivity index (χ1n) is 5.13. The standard InChI is InChI=1S/C10H22N2O2/c1-5-6-11-7-8-14-9(2)10(13)12(3)4/h9,11H,5-8H2,1-4H3. The first-order chi connectivity index (χ1) is 6.59. The maximum atomic E-state index is 11.3. The number of carbonyl (C=O) groups excluding carboxylic acids is 1. The number of nitrogens with zero attached hydrogens (tertiary/aromatic N) is 1. The van der Waals surface area contributed by atoms with E-state index < -0.39 is 0 Å². The van der Waals surface area contributed by atoms with Crippen LogP contribution in [0, 0.1) is 0 Å². The summed E-state index contributed by atoms with van der Waals surface area (Å²) in [5, 5.41) is 3.21. The van der Waals surface area contributed by atoms with Crippen molar-refractivity contribution in [1.29, 1.82) is 0 Å². The molecule has 0 saturated heterocycles. The molecule has 0 aliphatic heterocycles. The molecule has 0 radical (unpaired) electrons. The van der Waals surface area contributed by atoms with Crippen LogP contribution < -0.4 is 5.32 Å². The molecular formula is C10H22N2O2. The van der Waals surface area contributed by atoms with Crippen molar-refractivity contribution in [2.45, 2.75) is 26.4 Å². The van der Waals surface area contributed by atoms with Crippen molar-refractivity contribution in [3.05, 3.63) is 0 Å². The van der Waals surface area contributed by atoms with Gasteiger partial charge in [0.05, 0.1) is 6.61 Å². The summed E-state index contributed by atoms with van der Waals surface area (Å²) in [6.07, 6.45) is 0.778. The van der Waals surface area contributed by atoms with Gasteiger partial charge in [-0.2, -0.15) is 0 Å². The molecule has 0 aromatic heterocycles. The summed E-state index contributed by atoms with van der Waals surface area (Å²) in [5.41, 5.74) is 0. The monoisotopic (exact) mass is 202 g/mol. The number of carbonyl (C=O) groups is 1. The highest BCUT2D eigenvalue weighted by molar-refractivity contribution is 5.79. The van der Waals surface area contributed by atoms with Crippen LogP contribution in [0.2, 0.25) is 0 Å². The maximum Gasteiger partial charge on any atom is 0.250 e. The van der Waals surface area contributed by atoms with Crippen molar-refractivity contribution >= 4 is 5.91 Å². The molecule has 0 aromatic carbocycles. The average Bonchev–Trinajstić information content (AvgIpc) is 2.16. The van der Waals surface area contributed by atoms with Crippen LogP contribution in [0.15, 0.2) is 0 Å². The predicted octanol–water partition coefficient (Wildman–Crippen LogP) is 0.479. The Morgan fingerprint density at radius 1 is 1.43 bits per heavy atom. The van der Waals surface area contributed by atoms with E-state index in [2.05, 4.69) is 12.2 Å². The minimum Gasteiger partial charge on any atom is -0.367 e. The summed E-state index contributed by atoms with van der Waals surface area (Å²) >= 11 is 0. The van der Waals surface area contributed by atoms with Crippen LogP contribution in [0.1, 0.15) is 20.3 Å². The molecule has 1 atom stereocenters. The van der Waals surface area contributed by atoms with Gasteiger partial charge in [0, 0.05) is 20.6 Å². The Hall–Kier alpha value is -0.610. The third kappa shape index (κ3) is 5.94. The van der Waals surface area contributed by atoms with Crippen LogP contribution in [0.5, 0.6) is 0 Å². The lowest BCUT2D eigenvalue weighted by Gasteiger charge is -2.17. The number of amides is 1. The summed E-state index contributed by atoms with van der Waals surface area (Å²) < 4.78 is 5.36. The summed E-state index contributed by atoms with van der Waals surface area (Å²) in [5.74, 6) is 0.0143. The van der Waals surface area contributed by atoms with Gasteiger partial charge in [0.2, 0.25) is 0 Å². The van der Waals surface area contributed by atoms with E-state index in [0.717, 1.165) is 19.5 Å². The third-order valence-electron chi connectivity index (χ3n) is 1.86. The Bertz CT molecular complexity index is 160. The Morgan fingerprint density at radius 2 is 2.07 bits per heavy atom. The van der Waals surface area contributed by atoms with E-state index in [-0.39, 0.29) is 12.0 Å². The highest BCUT2D eigenvalue weighted by Gasteiger charge is 2.14. The summed E-state index contributed by atoms with van der Waals surface area (Å²) in [4.78, 5) is 12.9. The predicted molar refractivity (Wildman–Crippen MR) is 57.3 cm³/mol. The molecule has 4 heteroatoms. The quantitative estimate of drug-likeness (QED) is 0.611. The lowest BCUT2D eigenvalue weighted by Crippen LogP contribution is -2.35. The zero-order valence-electron chi connectivity index (χ0n) is 9.67. The van der Waals surface area contributed by atoms with E-state index in [0.29, 0.717) is 6.61 Å². The molecule has 0 aliphatic rings. The lowest BCUT2D eigenvalue weighted by atomic mass is 10.3. The smallest absolute Gasteiger partial charge is 0.250 e. The number of rotatable bonds is 7. The number of hydrogen-bond acceptors (Lipinski definition) is 3. The molecule has 0 aromatic rings. The fourth-order valence-corrected chi connectivity index (χ4v) is 1.04. The van der Waals surface area contributed by atoms with E-state index >= 15 is 0 Å². The zero-order chi connectivity index (χ0) is 11.0. The van der Waals surface area contributed by atoms with Gasteiger partial charge in [0.25, 0.3) is 5.91 Å². The zero-order valence-corrected chi connectivity index (χ0v) is 9.67. The highest BCUT2D eigenvalue weighted by Crippen LogP contribution is 1.94. The van der Waals surface area contributed by atoms with Gasteiger partial charge in [-0.25, -0.2) is 0 Å². The number of hydrogen-bond donors (Lipinski definition) is 1. The molecule has 14 heavy (non-hydrogen) atoms. The maximum absolute atomic E-state index is 11.3. The largest absolute Gasteiger partial charge is 0.367 e. The van der Waals surface area contributed by atoms with Gasteiger partial charge in [0.15, 0.2) is 0 Å². The van der Waals surface area contributed by atoms with Crippen LogP contribution in [0.3, 0.4) is 0 Å². The van der Waals surface area contributed by atoms with Crippen molar-refractivity contribution in [2.75, 3.05) is 33.8 Å². The molecule has 0 fully saturated rings. The second-order valence-electron chi connectivity index (χ2n) is 3.50. The van der Waals surface area contributed by atoms with E-state index in [4.69, 9.17) is 4.74 Å². The molecule has 0 rings (SSSR count). The number of nitrogens with one attached hydrogen (secondary N) is 1. The Kier molecular flexibility index (Phi) is 7.42. The highest BCUT2D eigenvalue weighted by atomic mass is 16.5. The lowest BCUT2D eigenvalue weighted by molar-refractivity contribution is -0.139. The van der Waals surface area contributed by atoms with Gasteiger partial charge in [-0.15, -0.1) is 0 Å². The molecule has 1 amide bonds. The van der Waals surface area contributed by atoms with Gasteiger partial charge >= 0.3 is 0 Å². The van der Waals surface area contributed by atoms with Crippen molar-refractivity contribution in [3.8, 4) is 0 Å². The Morgan fingerprint density at radius 3 is 2.57 bits per heavy atom. The van der Waals surface area contributed by atoms with E-state index in [1.165, 1.54) is 0 Å². The number of likely N-dealkylation sites (N-methyl/N-ethyl adjacent to an activating group) is 1. The van der Waals surface area contributed by atoms with E-state index in [1.807, 2.05) is 0 Å². The average molecular weight is 202 g/mol. The summed E-state index contributed by atoms with van der Waals surface area (Å²) in [7, 11) is 3.47. The molecule has 0 spiro atoms. The molecular weight excluding hydrogens is 180 g/mol. The topological polar surface area (TPSA) is 41.6 Å². The van der Waals surface area contributed by atoms with Crippen LogP contribution in [0.25, 0.3) is 0 Å². The normalized spacial score (nSPS) is 12.6. The first-order valence-corrected chi connectivity index (χ1v) is 5.13. The summed E-state index contributed by atoms with van der Waals surface area (Å²) in [6.45, 7) is 6.28. The molecule has 0 heterocycles. The van der Waals surface area contributed by atoms with Gasteiger partial charge < -0.3 is 15.0 Å². The molecule has 1 unspecified atom stereocenters. The second kappa shape index (κ2) is 7.76. The van der Waals surface area contributed by atoms with Crippen molar-refractivity contribution in [2.24, 2.45) is 0 Å². The van der Waals surface area contributed by atoms with Gasteiger partial charge in [0.1, 0.15) is 6.10 Å². The van der Waals surface area contributed by atoms with Crippen molar-refractivity contribution in [3.63, 3.8) is 0 Å². The van der Waals surface area contributed by atoms with Gasteiger partial charge in [-0.3, -0.25) is 4.79 Å². The van der Waals surface area contributed by atoms with E-state index in [9.17, 15) is 4.79 Å². The van der Waals surface area contributed by atoms with Crippen LogP contribution in [-0.2, 0) is 9.53 Å². The molecule has 0 saturated carbocycles. The molecule has 4 nitrogen and oxygen atoms in total. The Balaban J connectivity index is 3.44. The van der Waals surface area contributed by atoms with Gasteiger partial charge in [-0.05, 0) is 19.9 Å². The van der Waals surface area contributed by atoms with Crippen LogP contribution in [-0.4, -0.2) is 50.7 Å². The SMILES string of the molecule is CCCNCCOC(C)C(=O)N(C)C. The van der Waals surface area contributed by atoms with E-state index in [1.54, 1.807) is 25.9 Å². The van der Waals surface area contributed by atoms with Crippen molar-refractivity contribution in [1.82, 2.24) is 10.2 Å². The minimum atomic E-state index is -0.339. The minimum absolute atomic E-state index is 0.0143. The fraction of sp³-hybridized carbons (Fsp3) is 0.900. The van der Waals surface area contributed by atoms with Crippen LogP contribution in [0.4, 0.5) is 0 Å². The second-order valence-corrected chi connectivity index (χ2v) is 3.50. The molecule has 0 bridgehead atoms. The number of ether oxygens (including phenoxy) is 1. The van der Waals surface area contributed by atoms with Gasteiger partial charge in [-0.1, -0.05) is 6.92 Å².